The monoisotopic (exact) mass is 317 g/mol. The molecule has 1 rings (SSSR count). The molecule has 1 aromatic rings. The van der Waals surface area contributed by atoms with Gasteiger partial charge >= 0.3 is 0 Å². The van der Waals surface area contributed by atoms with Gasteiger partial charge in [0.15, 0.2) is 0 Å². The highest BCUT2D eigenvalue weighted by atomic mass is 79.9. The third-order valence-electron chi connectivity index (χ3n) is 3.06. The molecule has 0 spiro atoms. The molecule has 0 saturated heterocycles. The van der Waals surface area contributed by atoms with E-state index in [0.717, 1.165) is 6.54 Å². The van der Waals surface area contributed by atoms with Gasteiger partial charge in [-0.2, -0.15) is 11.3 Å². The van der Waals surface area contributed by atoms with Gasteiger partial charge in [-0.3, -0.25) is 0 Å². The molecule has 0 aromatic carbocycles. The number of nitrogens with one attached hydrogen (secondary N) is 1. The van der Waals surface area contributed by atoms with Crippen LogP contribution in [0.3, 0.4) is 0 Å². The van der Waals surface area contributed by atoms with Crippen LogP contribution in [0.15, 0.2) is 15.2 Å². The van der Waals surface area contributed by atoms with Crippen LogP contribution in [0.2, 0.25) is 0 Å². The molecule has 1 aromatic heterocycles. The summed E-state index contributed by atoms with van der Waals surface area (Å²) in [6, 6.07) is 0.530. The molecule has 1 heterocycles. The predicted molar refractivity (Wildman–Crippen MR) is 81.8 cm³/mol. The van der Waals surface area contributed by atoms with Crippen molar-refractivity contribution in [1.29, 1.82) is 0 Å². The molecule has 17 heavy (non-hydrogen) atoms. The van der Waals surface area contributed by atoms with E-state index in [1.165, 1.54) is 48.6 Å². The van der Waals surface area contributed by atoms with E-state index in [2.05, 4.69) is 45.9 Å². The first-order valence-electron chi connectivity index (χ1n) is 6.74. The van der Waals surface area contributed by atoms with Crippen LogP contribution in [0.5, 0.6) is 0 Å². The van der Waals surface area contributed by atoms with E-state index in [1.54, 1.807) is 11.3 Å². The van der Waals surface area contributed by atoms with Gasteiger partial charge in [0.05, 0.1) is 0 Å². The van der Waals surface area contributed by atoms with Gasteiger partial charge in [0.25, 0.3) is 0 Å². The van der Waals surface area contributed by atoms with Gasteiger partial charge in [-0.05, 0) is 39.8 Å². The molecule has 0 fully saturated rings. The SMILES string of the molecule is CCCCCCCC(NCC)c1cscc1Br. The largest absolute Gasteiger partial charge is 0.310 e. The number of hydrogen-bond acceptors (Lipinski definition) is 2. The van der Waals surface area contributed by atoms with Gasteiger partial charge in [-0.1, -0.05) is 46.0 Å². The third kappa shape index (κ3) is 5.54. The zero-order valence-corrected chi connectivity index (χ0v) is 13.4. The Hall–Kier alpha value is 0.140. The highest BCUT2D eigenvalue weighted by molar-refractivity contribution is 9.10. The molecule has 1 N–H and O–H groups in total. The molecule has 1 nitrogen and oxygen atoms in total. The minimum Gasteiger partial charge on any atom is -0.310 e. The second-order valence-corrected chi connectivity index (χ2v) is 6.09. The fourth-order valence-corrected chi connectivity index (χ4v) is 3.73. The summed E-state index contributed by atoms with van der Waals surface area (Å²) >= 11 is 5.42. The van der Waals surface area contributed by atoms with E-state index < -0.39 is 0 Å². The Labute approximate surface area is 118 Å². The number of halogens is 1. The van der Waals surface area contributed by atoms with Crippen LogP contribution in [-0.2, 0) is 0 Å². The Kier molecular flexibility index (Phi) is 8.15. The Morgan fingerprint density at radius 3 is 2.53 bits per heavy atom. The molecule has 1 unspecified atom stereocenters. The minimum absolute atomic E-state index is 0.530. The molecular formula is C14H24BrNS. The Morgan fingerprint density at radius 1 is 1.18 bits per heavy atom. The maximum absolute atomic E-state index is 3.64. The standard InChI is InChI=1S/C14H24BrNS/c1-3-5-6-7-8-9-14(16-4-2)12-10-17-11-13(12)15/h10-11,14,16H,3-9H2,1-2H3. The maximum atomic E-state index is 3.64. The van der Waals surface area contributed by atoms with E-state index >= 15 is 0 Å². The van der Waals surface area contributed by atoms with Crippen LogP contribution in [-0.4, -0.2) is 6.54 Å². The van der Waals surface area contributed by atoms with Crippen molar-refractivity contribution >= 4 is 27.3 Å². The van der Waals surface area contributed by atoms with Crippen LogP contribution in [0.25, 0.3) is 0 Å². The first-order valence-corrected chi connectivity index (χ1v) is 8.48. The lowest BCUT2D eigenvalue weighted by molar-refractivity contribution is 0.478. The van der Waals surface area contributed by atoms with Crippen molar-refractivity contribution in [3.8, 4) is 0 Å². The lowest BCUT2D eigenvalue weighted by Crippen LogP contribution is -2.20. The van der Waals surface area contributed by atoms with Crippen molar-refractivity contribution in [3.05, 3.63) is 20.8 Å². The molecule has 0 saturated carbocycles. The number of hydrogen-bond donors (Lipinski definition) is 1. The first kappa shape index (κ1) is 15.2. The lowest BCUT2D eigenvalue weighted by Gasteiger charge is -2.17. The maximum Gasteiger partial charge on any atom is 0.0339 e. The smallest absolute Gasteiger partial charge is 0.0339 e. The highest BCUT2D eigenvalue weighted by Crippen LogP contribution is 2.30. The average molecular weight is 318 g/mol. The Balaban J connectivity index is 2.36. The van der Waals surface area contributed by atoms with Crippen LogP contribution < -0.4 is 5.32 Å². The van der Waals surface area contributed by atoms with Crippen molar-refractivity contribution in [2.24, 2.45) is 0 Å². The topological polar surface area (TPSA) is 12.0 Å². The molecule has 0 bridgehead atoms. The molecular weight excluding hydrogens is 294 g/mol. The van der Waals surface area contributed by atoms with Gasteiger partial charge in [0.2, 0.25) is 0 Å². The van der Waals surface area contributed by atoms with Gasteiger partial charge in [0.1, 0.15) is 0 Å². The summed E-state index contributed by atoms with van der Waals surface area (Å²) in [5.74, 6) is 0. The summed E-state index contributed by atoms with van der Waals surface area (Å²) in [7, 11) is 0. The van der Waals surface area contributed by atoms with Crippen molar-refractivity contribution < 1.29 is 0 Å². The fraction of sp³-hybridized carbons (Fsp3) is 0.714. The average Bonchev–Trinajstić information content (AvgIpc) is 2.74. The van der Waals surface area contributed by atoms with Gasteiger partial charge < -0.3 is 5.32 Å². The zero-order valence-electron chi connectivity index (χ0n) is 11.0. The van der Waals surface area contributed by atoms with E-state index in [9.17, 15) is 0 Å². The van der Waals surface area contributed by atoms with Crippen LogP contribution in [0, 0.1) is 0 Å². The van der Waals surface area contributed by atoms with Crippen molar-refractivity contribution in [2.45, 2.75) is 58.4 Å². The van der Waals surface area contributed by atoms with Crippen molar-refractivity contribution in [2.75, 3.05) is 6.54 Å². The molecule has 0 aliphatic heterocycles. The van der Waals surface area contributed by atoms with Crippen molar-refractivity contribution in [3.63, 3.8) is 0 Å². The summed E-state index contributed by atoms with van der Waals surface area (Å²) in [4.78, 5) is 0. The molecule has 3 heteroatoms. The quantitative estimate of drug-likeness (QED) is 0.591. The van der Waals surface area contributed by atoms with Crippen LogP contribution in [0.4, 0.5) is 0 Å². The van der Waals surface area contributed by atoms with Crippen LogP contribution >= 0.6 is 27.3 Å². The molecule has 1 atom stereocenters. The second-order valence-electron chi connectivity index (χ2n) is 4.49. The normalized spacial score (nSPS) is 12.9. The summed E-state index contributed by atoms with van der Waals surface area (Å²) in [5, 5.41) is 8.04. The predicted octanol–water partition coefficient (Wildman–Crippen LogP) is 5.52. The van der Waals surface area contributed by atoms with E-state index in [1.807, 2.05) is 0 Å². The molecule has 0 radical (unpaired) electrons. The number of unbranched alkanes of at least 4 members (excludes halogenated alkanes) is 4. The number of rotatable bonds is 9. The Bertz CT molecular complexity index is 298. The summed E-state index contributed by atoms with van der Waals surface area (Å²) in [6.07, 6.45) is 8.06. The molecule has 0 aliphatic rings. The van der Waals surface area contributed by atoms with Gasteiger partial charge in [-0.15, -0.1) is 0 Å². The molecule has 0 aliphatic carbocycles. The van der Waals surface area contributed by atoms with E-state index in [-0.39, 0.29) is 0 Å². The van der Waals surface area contributed by atoms with Gasteiger partial charge in [-0.25, -0.2) is 0 Å². The number of thiophene rings is 1. The van der Waals surface area contributed by atoms with Crippen LogP contribution in [0.1, 0.15) is 64.0 Å². The van der Waals surface area contributed by atoms with E-state index in [0.29, 0.717) is 6.04 Å². The Morgan fingerprint density at radius 2 is 1.94 bits per heavy atom. The van der Waals surface area contributed by atoms with Crippen molar-refractivity contribution in [1.82, 2.24) is 5.32 Å². The molecule has 98 valence electrons. The fourth-order valence-electron chi connectivity index (χ4n) is 2.11. The highest BCUT2D eigenvalue weighted by Gasteiger charge is 2.13. The third-order valence-corrected chi connectivity index (χ3v) is 4.82. The summed E-state index contributed by atoms with van der Waals surface area (Å²) < 4.78 is 1.27. The first-order chi connectivity index (χ1) is 8.29. The minimum atomic E-state index is 0.530. The molecule has 0 amide bonds. The second kappa shape index (κ2) is 9.12. The lowest BCUT2D eigenvalue weighted by atomic mass is 10.0. The summed E-state index contributed by atoms with van der Waals surface area (Å²) in [6.45, 7) is 5.50. The zero-order chi connectivity index (χ0) is 12.5. The summed E-state index contributed by atoms with van der Waals surface area (Å²) in [5.41, 5.74) is 1.44. The van der Waals surface area contributed by atoms with Gasteiger partial charge in [0, 0.05) is 15.9 Å². The van der Waals surface area contributed by atoms with E-state index in [4.69, 9.17) is 0 Å².